The third-order valence-electron chi connectivity index (χ3n) is 3.70. The molecule has 1 unspecified atom stereocenters. The van der Waals surface area contributed by atoms with Gasteiger partial charge in [0.05, 0.1) is 17.0 Å². The zero-order valence-corrected chi connectivity index (χ0v) is 14.5. The van der Waals surface area contributed by atoms with Gasteiger partial charge in [0.2, 0.25) is 0 Å². The molecule has 0 heterocycles. The van der Waals surface area contributed by atoms with Gasteiger partial charge in [-0.15, -0.1) is 11.6 Å². The lowest BCUT2D eigenvalue weighted by molar-refractivity contribution is 0.396. The molecule has 2 aromatic carbocycles. The first kappa shape index (κ1) is 16.3. The Labute approximate surface area is 138 Å². The molecule has 21 heavy (non-hydrogen) atoms. The van der Waals surface area contributed by atoms with E-state index in [9.17, 15) is 4.39 Å². The van der Waals surface area contributed by atoms with Crippen molar-refractivity contribution in [2.45, 2.75) is 24.6 Å². The molecule has 0 saturated carbocycles. The predicted molar refractivity (Wildman–Crippen MR) is 88.7 cm³/mol. The molecule has 2 rings (SSSR count). The molecule has 112 valence electrons. The first-order valence-electron chi connectivity index (χ1n) is 6.60. The number of ether oxygens (including phenoxy) is 1. The van der Waals surface area contributed by atoms with Gasteiger partial charge in [0, 0.05) is 17.0 Å². The minimum Gasteiger partial charge on any atom is -0.496 e. The van der Waals surface area contributed by atoms with Crippen LogP contribution >= 0.6 is 27.5 Å². The summed E-state index contributed by atoms with van der Waals surface area (Å²) in [5.74, 6) is 0.0942. The van der Waals surface area contributed by atoms with E-state index in [-0.39, 0.29) is 16.6 Å². The van der Waals surface area contributed by atoms with Gasteiger partial charge >= 0.3 is 0 Å². The van der Waals surface area contributed by atoms with E-state index in [0.29, 0.717) is 10.2 Å². The number of halogens is 3. The molecule has 4 heteroatoms. The lowest BCUT2D eigenvalue weighted by Crippen LogP contribution is -2.24. The van der Waals surface area contributed by atoms with Crippen LogP contribution in [0.2, 0.25) is 0 Å². The van der Waals surface area contributed by atoms with E-state index in [4.69, 9.17) is 16.3 Å². The molecule has 0 radical (unpaired) electrons. The molecule has 0 saturated heterocycles. The quantitative estimate of drug-likeness (QED) is 0.612. The summed E-state index contributed by atoms with van der Waals surface area (Å²) in [6.45, 7) is 4.13. The SMILES string of the molecule is COc1cc(F)c(Br)cc1C(Cl)C(C)(C)c1ccccc1. The standard InChI is InChI=1S/C17H17BrClFO/c1-17(2,11-7-5-4-6-8-11)16(19)12-9-13(18)14(20)10-15(12)21-3/h4-10,16H,1-3H3. The topological polar surface area (TPSA) is 9.23 Å². The summed E-state index contributed by atoms with van der Waals surface area (Å²) in [6.07, 6.45) is 0. The highest BCUT2D eigenvalue weighted by Gasteiger charge is 2.33. The molecule has 1 atom stereocenters. The normalized spacial score (nSPS) is 13.0. The molecule has 0 spiro atoms. The molecule has 0 N–H and O–H groups in total. The van der Waals surface area contributed by atoms with Crippen LogP contribution in [0, 0.1) is 5.82 Å². The van der Waals surface area contributed by atoms with Gasteiger partial charge < -0.3 is 4.74 Å². The summed E-state index contributed by atoms with van der Waals surface area (Å²) in [4.78, 5) is 0. The van der Waals surface area contributed by atoms with Crippen LogP contribution in [-0.2, 0) is 5.41 Å². The van der Waals surface area contributed by atoms with E-state index in [0.717, 1.165) is 11.1 Å². The largest absolute Gasteiger partial charge is 0.496 e. The maximum absolute atomic E-state index is 13.7. The maximum Gasteiger partial charge on any atom is 0.141 e. The van der Waals surface area contributed by atoms with Gasteiger partial charge in [0.25, 0.3) is 0 Å². The summed E-state index contributed by atoms with van der Waals surface area (Å²) >= 11 is 9.93. The summed E-state index contributed by atoms with van der Waals surface area (Å²) in [5, 5.41) is -0.355. The van der Waals surface area contributed by atoms with Crippen molar-refractivity contribution in [3.8, 4) is 5.75 Å². The van der Waals surface area contributed by atoms with Crippen molar-refractivity contribution >= 4 is 27.5 Å². The van der Waals surface area contributed by atoms with Gasteiger partial charge in [-0.05, 0) is 27.6 Å². The van der Waals surface area contributed by atoms with Crippen molar-refractivity contribution in [1.29, 1.82) is 0 Å². The number of hydrogen-bond acceptors (Lipinski definition) is 1. The number of hydrogen-bond donors (Lipinski definition) is 0. The Hall–Kier alpha value is -1.06. The minimum atomic E-state index is -0.364. The van der Waals surface area contributed by atoms with Crippen LogP contribution in [0.15, 0.2) is 46.9 Å². The smallest absolute Gasteiger partial charge is 0.141 e. The summed E-state index contributed by atoms with van der Waals surface area (Å²) in [7, 11) is 1.52. The van der Waals surface area contributed by atoms with E-state index in [2.05, 4.69) is 29.8 Å². The fraction of sp³-hybridized carbons (Fsp3) is 0.294. The van der Waals surface area contributed by atoms with Gasteiger partial charge in [-0.3, -0.25) is 0 Å². The van der Waals surface area contributed by atoms with Gasteiger partial charge in [-0.2, -0.15) is 0 Å². The molecule has 0 bridgehead atoms. The molecule has 0 fully saturated rings. The van der Waals surface area contributed by atoms with Crippen LogP contribution in [0.1, 0.15) is 30.4 Å². The summed E-state index contributed by atoms with van der Waals surface area (Å²) in [5.41, 5.74) is 1.56. The van der Waals surface area contributed by atoms with Gasteiger partial charge in [-0.25, -0.2) is 4.39 Å². The van der Waals surface area contributed by atoms with Gasteiger partial charge in [0.1, 0.15) is 11.6 Å². The first-order valence-corrected chi connectivity index (χ1v) is 7.83. The van der Waals surface area contributed by atoms with Crippen LogP contribution in [-0.4, -0.2) is 7.11 Å². The van der Waals surface area contributed by atoms with Crippen molar-refractivity contribution in [3.63, 3.8) is 0 Å². The lowest BCUT2D eigenvalue weighted by atomic mass is 9.78. The Morgan fingerprint density at radius 1 is 1.19 bits per heavy atom. The molecule has 0 aliphatic heterocycles. The monoisotopic (exact) mass is 370 g/mol. The second-order valence-electron chi connectivity index (χ2n) is 5.46. The summed E-state index contributed by atoms with van der Waals surface area (Å²) < 4.78 is 19.3. The molecule has 1 nitrogen and oxygen atoms in total. The van der Waals surface area contributed by atoms with E-state index < -0.39 is 0 Å². The zero-order valence-electron chi connectivity index (χ0n) is 12.2. The maximum atomic E-state index is 13.7. The summed E-state index contributed by atoms with van der Waals surface area (Å²) in [6, 6.07) is 13.1. The molecule has 0 aliphatic carbocycles. The molecular formula is C17H17BrClFO. The second kappa shape index (κ2) is 6.37. The van der Waals surface area contributed by atoms with Crippen LogP contribution in [0.5, 0.6) is 5.75 Å². The van der Waals surface area contributed by atoms with Crippen molar-refractivity contribution < 1.29 is 9.13 Å². The Morgan fingerprint density at radius 2 is 1.81 bits per heavy atom. The molecule has 2 aromatic rings. The Bertz CT molecular complexity index is 628. The van der Waals surface area contributed by atoms with E-state index >= 15 is 0 Å². The Kier molecular flexibility index (Phi) is 4.95. The second-order valence-corrected chi connectivity index (χ2v) is 6.75. The third kappa shape index (κ3) is 3.24. The molecular weight excluding hydrogens is 355 g/mol. The predicted octanol–water partition coefficient (Wildman–Crippen LogP) is 5.85. The third-order valence-corrected chi connectivity index (χ3v) is 5.09. The first-order chi connectivity index (χ1) is 9.87. The molecule has 0 aliphatic rings. The number of alkyl halides is 1. The zero-order chi connectivity index (χ0) is 15.6. The van der Waals surface area contributed by atoms with Crippen molar-refractivity contribution in [2.75, 3.05) is 7.11 Å². The van der Waals surface area contributed by atoms with Crippen LogP contribution < -0.4 is 4.74 Å². The van der Waals surface area contributed by atoms with Gasteiger partial charge in [-0.1, -0.05) is 44.2 Å². The van der Waals surface area contributed by atoms with Crippen LogP contribution in [0.25, 0.3) is 0 Å². The Balaban J connectivity index is 2.49. The highest BCUT2D eigenvalue weighted by Crippen LogP contribution is 2.45. The van der Waals surface area contributed by atoms with Crippen molar-refractivity contribution in [3.05, 3.63) is 63.9 Å². The highest BCUT2D eigenvalue weighted by atomic mass is 79.9. The van der Waals surface area contributed by atoms with E-state index in [1.807, 2.05) is 30.3 Å². The number of methoxy groups -OCH3 is 1. The number of rotatable bonds is 4. The van der Waals surface area contributed by atoms with Gasteiger partial charge in [0.15, 0.2) is 0 Å². The molecule has 0 aromatic heterocycles. The van der Waals surface area contributed by atoms with Crippen LogP contribution in [0.4, 0.5) is 4.39 Å². The minimum absolute atomic E-state index is 0.326. The average Bonchev–Trinajstić information content (AvgIpc) is 2.49. The Morgan fingerprint density at radius 3 is 2.38 bits per heavy atom. The highest BCUT2D eigenvalue weighted by molar-refractivity contribution is 9.10. The van der Waals surface area contributed by atoms with E-state index in [1.165, 1.54) is 13.2 Å². The van der Waals surface area contributed by atoms with Crippen LogP contribution in [0.3, 0.4) is 0 Å². The lowest BCUT2D eigenvalue weighted by Gasteiger charge is -2.32. The average molecular weight is 372 g/mol. The fourth-order valence-electron chi connectivity index (χ4n) is 2.32. The molecule has 0 amide bonds. The van der Waals surface area contributed by atoms with Crippen molar-refractivity contribution in [1.82, 2.24) is 0 Å². The van der Waals surface area contributed by atoms with Crippen molar-refractivity contribution in [2.24, 2.45) is 0 Å². The number of benzene rings is 2. The van der Waals surface area contributed by atoms with E-state index in [1.54, 1.807) is 6.07 Å². The fourth-order valence-corrected chi connectivity index (χ4v) is 2.98.